The van der Waals surface area contributed by atoms with Gasteiger partial charge in [0.25, 0.3) is 0 Å². The Morgan fingerprint density at radius 3 is 2.32 bits per heavy atom. The van der Waals surface area contributed by atoms with Crippen molar-refractivity contribution in [3.8, 4) is 0 Å². The van der Waals surface area contributed by atoms with Crippen LogP contribution in [0.5, 0.6) is 0 Å². The third-order valence-electron chi connectivity index (χ3n) is 4.43. The van der Waals surface area contributed by atoms with Crippen LogP contribution in [-0.4, -0.2) is 74.6 Å². The third kappa shape index (κ3) is 5.70. The number of rotatable bonds is 7. The van der Waals surface area contributed by atoms with Gasteiger partial charge in [-0.3, -0.25) is 9.59 Å². The van der Waals surface area contributed by atoms with E-state index in [0.29, 0.717) is 39.2 Å². The van der Waals surface area contributed by atoms with Crippen LogP contribution in [0.2, 0.25) is 0 Å². The molecule has 0 saturated carbocycles. The smallest absolute Gasteiger partial charge is 0.224 e. The van der Waals surface area contributed by atoms with E-state index in [1.54, 1.807) is 24.1 Å². The fourth-order valence-corrected chi connectivity index (χ4v) is 2.88. The highest BCUT2D eigenvalue weighted by atomic mass is 19.1. The fourth-order valence-electron chi connectivity index (χ4n) is 2.88. The van der Waals surface area contributed by atoms with Crippen LogP contribution in [0.25, 0.3) is 0 Å². The number of piperazine rings is 1. The minimum absolute atomic E-state index is 0.0500. The maximum atomic E-state index is 13.0. The van der Waals surface area contributed by atoms with Crippen LogP contribution in [0.15, 0.2) is 24.3 Å². The maximum absolute atomic E-state index is 13.0. The average molecular weight is 351 g/mol. The Balaban J connectivity index is 1.78. The lowest BCUT2D eigenvalue weighted by Gasteiger charge is -2.36. The van der Waals surface area contributed by atoms with Crippen LogP contribution in [0.1, 0.15) is 13.3 Å². The molecule has 0 atom stereocenters. The van der Waals surface area contributed by atoms with Gasteiger partial charge >= 0.3 is 0 Å². The molecule has 0 bridgehead atoms. The van der Waals surface area contributed by atoms with Crippen molar-refractivity contribution in [2.75, 3.05) is 57.9 Å². The Labute approximate surface area is 148 Å². The molecular formula is C18H26FN3O3. The molecule has 2 amide bonds. The molecule has 25 heavy (non-hydrogen) atoms. The van der Waals surface area contributed by atoms with Gasteiger partial charge in [0.2, 0.25) is 11.8 Å². The van der Waals surface area contributed by atoms with Crippen molar-refractivity contribution in [1.82, 2.24) is 9.80 Å². The number of hydrogen-bond donors (Lipinski definition) is 0. The second kappa shape index (κ2) is 9.36. The van der Waals surface area contributed by atoms with Crippen molar-refractivity contribution in [2.45, 2.75) is 13.3 Å². The lowest BCUT2D eigenvalue weighted by molar-refractivity contribution is -0.134. The topological polar surface area (TPSA) is 53.1 Å². The first-order valence-corrected chi connectivity index (χ1v) is 8.54. The number of carbonyl (C=O) groups excluding carboxylic acids is 2. The third-order valence-corrected chi connectivity index (χ3v) is 4.43. The zero-order valence-electron chi connectivity index (χ0n) is 14.9. The molecule has 0 aromatic heterocycles. The first kappa shape index (κ1) is 19.2. The predicted octanol–water partition coefficient (Wildman–Crippen LogP) is 1.36. The molecule has 1 aromatic rings. The number of anilines is 1. The van der Waals surface area contributed by atoms with E-state index >= 15 is 0 Å². The Bertz CT molecular complexity index is 571. The standard InChI is InChI=1S/C18H26FN3O3/c1-15(23)20(13-14-25-2)8-7-18(24)22-11-9-21(10-12-22)17-5-3-16(19)4-6-17/h3-6H,7-14H2,1-2H3. The van der Waals surface area contributed by atoms with Gasteiger partial charge in [-0.05, 0) is 24.3 Å². The SMILES string of the molecule is COCCN(CCC(=O)N1CCN(c2ccc(F)cc2)CC1)C(C)=O. The summed E-state index contributed by atoms with van der Waals surface area (Å²) in [5.74, 6) is -0.241. The van der Waals surface area contributed by atoms with E-state index in [4.69, 9.17) is 4.74 Å². The van der Waals surface area contributed by atoms with Crippen LogP contribution in [0.4, 0.5) is 10.1 Å². The van der Waals surface area contributed by atoms with Crippen molar-refractivity contribution in [3.05, 3.63) is 30.1 Å². The largest absolute Gasteiger partial charge is 0.383 e. The van der Waals surface area contributed by atoms with Gasteiger partial charge in [-0.2, -0.15) is 0 Å². The Morgan fingerprint density at radius 2 is 1.76 bits per heavy atom. The Hall–Kier alpha value is -2.15. The van der Waals surface area contributed by atoms with Crippen LogP contribution in [0.3, 0.4) is 0 Å². The van der Waals surface area contributed by atoms with Gasteiger partial charge in [0.05, 0.1) is 6.61 Å². The van der Waals surface area contributed by atoms with E-state index in [9.17, 15) is 14.0 Å². The molecule has 1 aromatic carbocycles. The molecule has 6 nitrogen and oxygen atoms in total. The quantitative estimate of drug-likeness (QED) is 0.744. The highest BCUT2D eigenvalue weighted by molar-refractivity contribution is 5.78. The van der Waals surface area contributed by atoms with Crippen LogP contribution in [-0.2, 0) is 14.3 Å². The summed E-state index contributed by atoms with van der Waals surface area (Å²) in [6.45, 7) is 5.58. The summed E-state index contributed by atoms with van der Waals surface area (Å²) in [6, 6.07) is 6.41. The monoisotopic (exact) mass is 351 g/mol. The lowest BCUT2D eigenvalue weighted by atomic mass is 10.2. The molecule has 0 aliphatic carbocycles. The number of carbonyl (C=O) groups is 2. The number of hydrogen-bond acceptors (Lipinski definition) is 4. The van der Waals surface area contributed by atoms with Crippen molar-refractivity contribution in [2.24, 2.45) is 0 Å². The number of halogens is 1. The van der Waals surface area contributed by atoms with Crippen molar-refractivity contribution in [3.63, 3.8) is 0 Å². The lowest BCUT2D eigenvalue weighted by Crippen LogP contribution is -2.49. The normalized spacial score (nSPS) is 14.5. The van der Waals surface area contributed by atoms with Crippen LogP contribution >= 0.6 is 0 Å². The minimum atomic E-state index is -0.249. The molecule has 0 spiro atoms. The van der Waals surface area contributed by atoms with E-state index in [-0.39, 0.29) is 17.6 Å². The summed E-state index contributed by atoms with van der Waals surface area (Å²) < 4.78 is 18.0. The molecule has 138 valence electrons. The Kier molecular flexibility index (Phi) is 7.18. The van der Waals surface area contributed by atoms with E-state index < -0.39 is 0 Å². The summed E-state index contributed by atoms with van der Waals surface area (Å²) in [5, 5.41) is 0. The number of methoxy groups -OCH3 is 1. The summed E-state index contributed by atoms with van der Waals surface area (Å²) in [5.41, 5.74) is 0.968. The van der Waals surface area contributed by atoms with E-state index in [2.05, 4.69) is 4.90 Å². The number of ether oxygens (including phenoxy) is 1. The maximum Gasteiger partial charge on any atom is 0.224 e. The average Bonchev–Trinajstić information content (AvgIpc) is 2.62. The van der Waals surface area contributed by atoms with Crippen molar-refractivity contribution >= 4 is 17.5 Å². The van der Waals surface area contributed by atoms with Crippen molar-refractivity contribution in [1.29, 1.82) is 0 Å². The minimum Gasteiger partial charge on any atom is -0.383 e. The van der Waals surface area contributed by atoms with Gasteiger partial charge in [0.15, 0.2) is 0 Å². The zero-order valence-corrected chi connectivity index (χ0v) is 14.9. The number of nitrogens with zero attached hydrogens (tertiary/aromatic N) is 3. The van der Waals surface area contributed by atoms with Gasteiger partial charge in [-0.15, -0.1) is 0 Å². The summed E-state index contributed by atoms with van der Waals surface area (Å²) in [7, 11) is 1.59. The van der Waals surface area contributed by atoms with Gasteiger partial charge in [0, 0.05) is 65.4 Å². The highest BCUT2D eigenvalue weighted by Crippen LogP contribution is 2.17. The number of benzene rings is 1. The van der Waals surface area contributed by atoms with Crippen LogP contribution in [0, 0.1) is 5.82 Å². The fraction of sp³-hybridized carbons (Fsp3) is 0.556. The van der Waals surface area contributed by atoms with Gasteiger partial charge in [0.1, 0.15) is 5.82 Å². The van der Waals surface area contributed by atoms with E-state index in [1.807, 2.05) is 4.90 Å². The predicted molar refractivity (Wildman–Crippen MR) is 93.9 cm³/mol. The Morgan fingerprint density at radius 1 is 1.12 bits per heavy atom. The molecule has 2 rings (SSSR count). The first-order chi connectivity index (χ1) is 12.0. The zero-order chi connectivity index (χ0) is 18.2. The van der Waals surface area contributed by atoms with Gasteiger partial charge in [-0.1, -0.05) is 0 Å². The highest BCUT2D eigenvalue weighted by Gasteiger charge is 2.22. The second-order valence-corrected chi connectivity index (χ2v) is 6.09. The second-order valence-electron chi connectivity index (χ2n) is 6.09. The van der Waals surface area contributed by atoms with E-state index in [0.717, 1.165) is 18.8 Å². The molecule has 0 radical (unpaired) electrons. The van der Waals surface area contributed by atoms with E-state index in [1.165, 1.54) is 19.1 Å². The van der Waals surface area contributed by atoms with Gasteiger partial charge < -0.3 is 19.4 Å². The molecule has 1 fully saturated rings. The molecule has 0 N–H and O–H groups in total. The molecule has 7 heteroatoms. The molecule has 1 saturated heterocycles. The van der Waals surface area contributed by atoms with Gasteiger partial charge in [-0.25, -0.2) is 4.39 Å². The molecule has 0 unspecified atom stereocenters. The summed E-state index contributed by atoms with van der Waals surface area (Å²) in [6.07, 6.45) is 0.319. The summed E-state index contributed by atoms with van der Waals surface area (Å²) in [4.78, 5) is 29.6. The number of amides is 2. The molecule has 1 aliphatic heterocycles. The molecular weight excluding hydrogens is 325 g/mol. The molecule has 1 heterocycles. The first-order valence-electron chi connectivity index (χ1n) is 8.54. The summed E-state index contributed by atoms with van der Waals surface area (Å²) >= 11 is 0. The van der Waals surface area contributed by atoms with Crippen molar-refractivity contribution < 1.29 is 18.7 Å². The van der Waals surface area contributed by atoms with Crippen LogP contribution < -0.4 is 4.90 Å². The molecule has 1 aliphatic rings.